The fourth-order valence-electron chi connectivity index (χ4n) is 2.92. The molecule has 0 aromatic heterocycles. The van der Waals surface area contributed by atoms with Gasteiger partial charge in [0.1, 0.15) is 0 Å². The Kier molecular flexibility index (Phi) is 4.69. The molecular weight excluding hydrogens is 298 g/mol. The molecule has 2 aliphatic heterocycles. The van der Waals surface area contributed by atoms with Crippen molar-refractivity contribution < 1.29 is 9.59 Å². The van der Waals surface area contributed by atoms with Gasteiger partial charge in [0, 0.05) is 35.7 Å². The molecule has 0 unspecified atom stereocenters. The first-order valence-electron chi connectivity index (χ1n) is 7.70. The zero-order valence-corrected chi connectivity index (χ0v) is 13.5. The molecule has 1 aromatic rings. The number of nitrogens with one attached hydrogen (secondary N) is 2. The Hall–Kier alpha value is -1.53. The summed E-state index contributed by atoms with van der Waals surface area (Å²) in [7, 11) is 1.87. The summed E-state index contributed by atoms with van der Waals surface area (Å²) in [6.07, 6.45) is 2.48. The average molecular weight is 319 g/mol. The molecule has 2 heterocycles. The second kappa shape index (κ2) is 6.71. The number of hydrogen-bond donors (Lipinski definition) is 2. The molecule has 2 N–H and O–H groups in total. The third kappa shape index (κ3) is 3.28. The molecule has 118 valence electrons. The molecule has 3 rings (SSSR count). The van der Waals surface area contributed by atoms with E-state index in [1.54, 1.807) is 11.8 Å². The van der Waals surface area contributed by atoms with Crippen LogP contribution in [0.25, 0.3) is 0 Å². The predicted octanol–water partition coefficient (Wildman–Crippen LogP) is 1.94. The molecular formula is C16H21N3O2S. The van der Waals surface area contributed by atoms with E-state index in [0.717, 1.165) is 42.3 Å². The van der Waals surface area contributed by atoms with Crippen LogP contribution in [0.2, 0.25) is 0 Å². The number of carbonyl (C=O) groups excluding carboxylic acids is 2. The monoisotopic (exact) mass is 319 g/mol. The Morgan fingerprint density at radius 3 is 2.86 bits per heavy atom. The van der Waals surface area contributed by atoms with Gasteiger partial charge in [-0.25, -0.2) is 0 Å². The Bertz CT molecular complexity index is 585. The van der Waals surface area contributed by atoms with Crippen LogP contribution in [0.15, 0.2) is 23.1 Å². The third-order valence-corrected chi connectivity index (χ3v) is 5.34. The maximum absolute atomic E-state index is 12.7. The molecule has 0 atom stereocenters. The number of hydrogen-bond acceptors (Lipinski definition) is 4. The van der Waals surface area contributed by atoms with Crippen molar-refractivity contribution in [3.8, 4) is 0 Å². The van der Waals surface area contributed by atoms with Gasteiger partial charge in [-0.3, -0.25) is 9.59 Å². The summed E-state index contributed by atoms with van der Waals surface area (Å²) in [4.78, 5) is 27.2. The second-order valence-corrected chi connectivity index (χ2v) is 6.89. The molecule has 5 nitrogen and oxygen atoms in total. The largest absolute Gasteiger partial charge is 0.339 e. The minimum absolute atomic E-state index is 0.0163. The van der Waals surface area contributed by atoms with E-state index in [1.165, 1.54) is 0 Å². The molecule has 1 saturated heterocycles. The first-order valence-corrected chi connectivity index (χ1v) is 8.68. The van der Waals surface area contributed by atoms with E-state index in [1.807, 2.05) is 30.1 Å². The van der Waals surface area contributed by atoms with Crippen molar-refractivity contribution in [2.24, 2.45) is 0 Å². The van der Waals surface area contributed by atoms with Gasteiger partial charge in [0.2, 0.25) is 5.91 Å². The van der Waals surface area contributed by atoms with Gasteiger partial charge in [0.25, 0.3) is 5.91 Å². The van der Waals surface area contributed by atoms with Crippen LogP contribution in [0, 0.1) is 0 Å². The maximum atomic E-state index is 12.7. The summed E-state index contributed by atoms with van der Waals surface area (Å²) >= 11 is 1.65. The van der Waals surface area contributed by atoms with Crippen molar-refractivity contribution in [2.75, 3.05) is 31.2 Å². The molecule has 0 spiro atoms. The van der Waals surface area contributed by atoms with Crippen molar-refractivity contribution in [3.63, 3.8) is 0 Å². The van der Waals surface area contributed by atoms with E-state index in [-0.39, 0.29) is 17.9 Å². The smallest absolute Gasteiger partial charge is 0.253 e. The van der Waals surface area contributed by atoms with Crippen LogP contribution in [-0.4, -0.2) is 48.6 Å². The lowest BCUT2D eigenvalue weighted by Gasteiger charge is -2.31. The molecule has 1 aromatic carbocycles. The van der Waals surface area contributed by atoms with Crippen molar-refractivity contribution in [1.82, 2.24) is 10.2 Å². The highest BCUT2D eigenvalue weighted by molar-refractivity contribution is 7.99. The first kappa shape index (κ1) is 15.4. The SMILES string of the molecule is CN(C(=O)c1ccc2c(c1)NC(=O)CCS2)C1CCNCC1. The number of thioether (sulfide) groups is 1. The highest BCUT2D eigenvalue weighted by Gasteiger charge is 2.24. The Morgan fingerprint density at radius 2 is 2.09 bits per heavy atom. The summed E-state index contributed by atoms with van der Waals surface area (Å²) in [6, 6.07) is 5.90. The van der Waals surface area contributed by atoms with Crippen molar-refractivity contribution in [3.05, 3.63) is 23.8 Å². The average Bonchev–Trinajstić information content (AvgIpc) is 2.74. The second-order valence-electron chi connectivity index (χ2n) is 5.75. The van der Waals surface area contributed by atoms with Gasteiger partial charge in [0.15, 0.2) is 0 Å². The van der Waals surface area contributed by atoms with Crippen molar-refractivity contribution >= 4 is 29.3 Å². The molecule has 22 heavy (non-hydrogen) atoms. The Balaban J connectivity index is 1.79. The molecule has 2 amide bonds. The van der Waals surface area contributed by atoms with Crippen LogP contribution in [0.1, 0.15) is 29.6 Å². The molecule has 0 bridgehead atoms. The maximum Gasteiger partial charge on any atom is 0.253 e. The fraction of sp³-hybridized carbons (Fsp3) is 0.500. The number of rotatable bonds is 2. The van der Waals surface area contributed by atoms with Crippen LogP contribution in [0.5, 0.6) is 0 Å². The fourth-order valence-corrected chi connectivity index (χ4v) is 3.85. The number of benzene rings is 1. The molecule has 0 saturated carbocycles. The summed E-state index contributed by atoms with van der Waals surface area (Å²) in [6.45, 7) is 1.92. The summed E-state index contributed by atoms with van der Waals surface area (Å²) < 4.78 is 0. The number of anilines is 1. The highest BCUT2D eigenvalue weighted by Crippen LogP contribution is 2.32. The van der Waals surface area contributed by atoms with Gasteiger partial charge in [-0.1, -0.05) is 0 Å². The van der Waals surface area contributed by atoms with Crippen LogP contribution >= 0.6 is 11.8 Å². The van der Waals surface area contributed by atoms with E-state index >= 15 is 0 Å². The van der Waals surface area contributed by atoms with E-state index in [4.69, 9.17) is 0 Å². The van der Waals surface area contributed by atoms with Gasteiger partial charge in [-0.15, -0.1) is 11.8 Å². The lowest BCUT2D eigenvalue weighted by Crippen LogP contribution is -2.43. The number of nitrogens with zero attached hydrogens (tertiary/aromatic N) is 1. The molecule has 0 aliphatic carbocycles. The van der Waals surface area contributed by atoms with Gasteiger partial charge >= 0.3 is 0 Å². The highest BCUT2D eigenvalue weighted by atomic mass is 32.2. The number of carbonyl (C=O) groups is 2. The number of piperidine rings is 1. The quantitative estimate of drug-likeness (QED) is 0.874. The molecule has 0 radical (unpaired) electrons. The van der Waals surface area contributed by atoms with Crippen LogP contribution in [-0.2, 0) is 4.79 Å². The van der Waals surface area contributed by atoms with E-state index in [9.17, 15) is 9.59 Å². The standard InChI is InChI=1S/C16H21N3O2S/c1-19(12-4-7-17-8-5-12)16(21)11-2-3-14-13(10-11)18-15(20)6-9-22-14/h2-3,10,12,17H,4-9H2,1H3,(H,18,20). The minimum Gasteiger partial charge on any atom is -0.339 e. The predicted molar refractivity (Wildman–Crippen MR) is 88.4 cm³/mol. The summed E-state index contributed by atoms with van der Waals surface area (Å²) in [5.74, 6) is 0.821. The van der Waals surface area contributed by atoms with Gasteiger partial charge < -0.3 is 15.5 Å². The van der Waals surface area contributed by atoms with Crippen LogP contribution in [0.4, 0.5) is 5.69 Å². The summed E-state index contributed by atoms with van der Waals surface area (Å²) in [5, 5.41) is 6.21. The Morgan fingerprint density at radius 1 is 1.32 bits per heavy atom. The minimum atomic E-state index is 0.0163. The van der Waals surface area contributed by atoms with E-state index in [2.05, 4.69) is 10.6 Å². The molecule has 6 heteroatoms. The normalized spacial score (nSPS) is 19.0. The topological polar surface area (TPSA) is 61.4 Å². The molecule has 1 fully saturated rings. The molecule has 2 aliphatic rings. The van der Waals surface area contributed by atoms with Crippen molar-refractivity contribution in [1.29, 1.82) is 0 Å². The van der Waals surface area contributed by atoms with E-state index in [0.29, 0.717) is 12.0 Å². The third-order valence-electron chi connectivity index (χ3n) is 4.26. The zero-order valence-electron chi connectivity index (χ0n) is 12.7. The first-order chi connectivity index (χ1) is 10.6. The van der Waals surface area contributed by atoms with Crippen molar-refractivity contribution in [2.45, 2.75) is 30.2 Å². The van der Waals surface area contributed by atoms with Gasteiger partial charge in [-0.05, 0) is 44.1 Å². The Labute approximate surface area is 134 Å². The van der Waals surface area contributed by atoms with Gasteiger partial charge in [0.05, 0.1) is 5.69 Å². The van der Waals surface area contributed by atoms with Gasteiger partial charge in [-0.2, -0.15) is 0 Å². The van der Waals surface area contributed by atoms with Crippen LogP contribution < -0.4 is 10.6 Å². The van der Waals surface area contributed by atoms with E-state index < -0.39 is 0 Å². The van der Waals surface area contributed by atoms with Crippen LogP contribution in [0.3, 0.4) is 0 Å². The summed E-state index contributed by atoms with van der Waals surface area (Å²) in [5.41, 5.74) is 1.40. The number of fused-ring (bicyclic) bond motifs is 1. The number of amides is 2. The lowest BCUT2D eigenvalue weighted by atomic mass is 10.0. The lowest BCUT2D eigenvalue weighted by molar-refractivity contribution is -0.115. The zero-order chi connectivity index (χ0) is 15.5.